The molecule has 0 spiro atoms. The van der Waals surface area contributed by atoms with Gasteiger partial charge in [-0.15, -0.1) is 0 Å². The van der Waals surface area contributed by atoms with Gasteiger partial charge in [0.25, 0.3) is 0 Å². The molecule has 3 atom stereocenters. The third kappa shape index (κ3) is 1.32. The van der Waals surface area contributed by atoms with Gasteiger partial charge in [-0.3, -0.25) is 0 Å². The summed E-state index contributed by atoms with van der Waals surface area (Å²) in [5, 5.41) is 9.34. The summed E-state index contributed by atoms with van der Waals surface area (Å²) in [5.41, 5.74) is -0.0706. The summed E-state index contributed by atoms with van der Waals surface area (Å²) in [6, 6.07) is 0. The first kappa shape index (κ1) is 8.02. The first-order valence-corrected chi connectivity index (χ1v) is 3.93. The highest BCUT2D eigenvalue weighted by Crippen LogP contribution is 2.32. The van der Waals surface area contributed by atoms with Crippen LogP contribution in [0.15, 0.2) is 0 Å². The zero-order chi connectivity index (χ0) is 7.78. The van der Waals surface area contributed by atoms with Crippen LogP contribution < -0.4 is 0 Å². The van der Waals surface area contributed by atoms with Crippen LogP contribution in [0.2, 0.25) is 0 Å². The van der Waals surface area contributed by atoms with Gasteiger partial charge in [-0.2, -0.15) is 0 Å². The van der Waals surface area contributed by atoms with Crippen molar-refractivity contribution < 1.29 is 9.84 Å². The average Bonchev–Trinajstić information content (AvgIpc) is 2.10. The zero-order valence-corrected chi connectivity index (χ0v) is 6.92. The van der Waals surface area contributed by atoms with E-state index in [1.165, 1.54) is 0 Å². The van der Waals surface area contributed by atoms with Crippen LogP contribution in [-0.2, 0) is 4.74 Å². The molecule has 1 rings (SSSR count). The Labute approximate surface area is 62.2 Å². The van der Waals surface area contributed by atoms with Crippen LogP contribution >= 0.6 is 0 Å². The van der Waals surface area contributed by atoms with Crippen molar-refractivity contribution in [3.63, 3.8) is 0 Å². The molecule has 0 aromatic heterocycles. The zero-order valence-electron chi connectivity index (χ0n) is 6.92. The summed E-state index contributed by atoms with van der Waals surface area (Å²) in [7, 11) is 0. The Kier molecular flexibility index (Phi) is 2.02. The molecule has 10 heavy (non-hydrogen) atoms. The Bertz CT molecular complexity index is 112. The molecular formula is C8H16O2. The number of hydrogen-bond donors (Lipinski definition) is 1. The van der Waals surface area contributed by atoms with E-state index < -0.39 is 0 Å². The second kappa shape index (κ2) is 2.51. The van der Waals surface area contributed by atoms with E-state index in [0.717, 1.165) is 12.8 Å². The molecule has 2 nitrogen and oxygen atoms in total. The number of ether oxygens (including phenoxy) is 1. The van der Waals surface area contributed by atoms with Crippen molar-refractivity contribution in [1.29, 1.82) is 0 Å². The lowest BCUT2D eigenvalue weighted by Gasteiger charge is -2.20. The van der Waals surface area contributed by atoms with E-state index in [0.29, 0.717) is 0 Å². The van der Waals surface area contributed by atoms with E-state index in [4.69, 9.17) is 4.74 Å². The molecule has 0 aromatic carbocycles. The normalized spacial score (nSPS) is 48.0. The summed E-state index contributed by atoms with van der Waals surface area (Å²) in [4.78, 5) is 0. The topological polar surface area (TPSA) is 29.5 Å². The van der Waals surface area contributed by atoms with Gasteiger partial charge in [0.2, 0.25) is 0 Å². The summed E-state index contributed by atoms with van der Waals surface area (Å²) in [5.74, 6) is 0. The molecule has 3 unspecified atom stereocenters. The number of rotatable bonds is 1. The molecule has 0 radical (unpaired) electrons. The predicted molar refractivity (Wildman–Crippen MR) is 39.9 cm³/mol. The van der Waals surface area contributed by atoms with Gasteiger partial charge in [0.1, 0.15) is 0 Å². The second-order valence-corrected chi connectivity index (χ2v) is 3.40. The maximum atomic E-state index is 9.34. The van der Waals surface area contributed by atoms with E-state index in [1.54, 1.807) is 0 Å². The fourth-order valence-electron chi connectivity index (χ4n) is 1.41. The molecule has 0 aromatic rings. The second-order valence-electron chi connectivity index (χ2n) is 3.40. The molecule has 1 N–H and O–H groups in total. The highest BCUT2D eigenvalue weighted by Gasteiger charge is 2.38. The molecule has 60 valence electrons. The minimum Gasteiger partial charge on any atom is -0.390 e. The van der Waals surface area contributed by atoms with E-state index in [1.807, 2.05) is 6.92 Å². The number of aliphatic hydroxyl groups is 1. The van der Waals surface area contributed by atoms with Crippen LogP contribution in [0, 0.1) is 0 Å². The van der Waals surface area contributed by atoms with E-state index in [9.17, 15) is 5.11 Å². The third-order valence-corrected chi connectivity index (χ3v) is 2.40. The van der Waals surface area contributed by atoms with Crippen molar-refractivity contribution in [3.8, 4) is 0 Å². The van der Waals surface area contributed by atoms with Gasteiger partial charge in [-0.05, 0) is 20.3 Å². The predicted octanol–water partition coefficient (Wildman–Crippen LogP) is 1.32. The van der Waals surface area contributed by atoms with Gasteiger partial charge in [0.15, 0.2) is 0 Å². The van der Waals surface area contributed by atoms with Crippen LogP contribution in [0.1, 0.15) is 33.6 Å². The van der Waals surface area contributed by atoms with Crippen LogP contribution in [0.3, 0.4) is 0 Å². The van der Waals surface area contributed by atoms with Crippen molar-refractivity contribution >= 4 is 0 Å². The lowest BCUT2D eigenvalue weighted by molar-refractivity contribution is -0.0345. The fourth-order valence-corrected chi connectivity index (χ4v) is 1.41. The fraction of sp³-hybridized carbons (Fsp3) is 1.00. The number of aliphatic hydroxyl groups excluding tert-OH is 1. The smallest absolute Gasteiger partial charge is 0.0826 e. The van der Waals surface area contributed by atoms with Crippen molar-refractivity contribution in [2.45, 2.75) is 51.4 Å². The Morgan fingerprint density at radius 1 is 1.70 bits per heavy atom. The van der Waals surface area contributed by atoms with E-state index >= 15 is 0 Å². The molecule has 1 aliphatic heterocycles. The molecule has 0 saturated carbocycles. The highest BCUT2D eigenvalue weighted by atomic mass is 16.5. The standard InChI is InChI=1S/C8H16O2/c1-4-8(3)5-7(9)6(2)10-8/h6-7,9H,4-5H2,1-3H3. The Morgan fingerprint density at radius 3 is 2.50 bits per heavy atom. The van der Waals surface area contributed by atoms with Crippen LogP contribution in [0.4, 0.5) is 0 Å². The van der Waals surface area contributed by atoms with E-state index in [-0.39, 0.29) is 17.8 Å². The van der Waals surface area contributed by atoms with Gasteiger partial charge in [-0.25, -0.2) is 0 Å². The Balaban J connectivity index is 2.55. The summed E-state index contributed by atoms with van der Waals surface area (Å²) in [6.07, 6.45) is 1.52. The minimum absolute atomic E-state index is 0.0185. The van der Waals surface area contributed by atoms with Crippen molar-refractivity contribution in [2.75, 3.05) is 0 Å². The van der Waals surface area contributed by atoms with Crippen LogP contribution in [0.25, 0.3) is 0 Å². The van der Waals surface area contributed by atoms with Gasteiger partial charge in [0, 0.05) is 6.42 Å². The molecule has 0 aliphatic carbocycles. The Morgan fingerprint density at radius 2 is 2.30 bits per heavy atom. The lowest BCUT2D eigenvalue weighted by atomic mass is 9.98. The summed E-state index contributed by atoms with van der Waals surface area (Å²) < 4.78 is 5.56. The van der Waals surface area contributed by atoms with Gasteiger partial charge in [-0.1, -0.05) is 6.92 Å². The van der Waals surface area contributed by atoms with E-state index in [2.05, 4.69) is 13.8 Å². The maximum Gasteiger partial charge on any atom is 0.0826 e. The molecule has 1 fully saturated rings. The van der Waals surface area contributed by atoms with Crippen LogP contribution in [-0.4, -0.2) is 22.9 Å². The molecule has 1 aliphatic rings. The Hall–Kier alpha value is -0.0800. The number of hydrogen-bond acceptors (Lipinski definition) is 2. The summed E-state index contributed by atoms with van der Waals surface area (Å²) >= 11 is 0. The quantitative estimate of drug-likeness (QED) is 0.601. The van der Waals surface area contributed by atoms with Crippen LogP contribution in [0.5, 0.6) is 0 Å². The van der Waals surface area contributed by atoms with Crippen molar-refractivity contribution in [1.82, 2.24) is 0 Å². The largest absolute Gasteiger partial charge is 0.390 e. The lowest BCUT2D eigenvalue weighted by Crippen LogP contribution is -2.22. The first-order chi connectivity index (χ1) is 4.57. The molecular weight excluding hydrogens is 128 g/mol. The molecule has 0 bridgehead atoms. The monoisotopic (exact) mass is 144 g/mol. The van der Waals surface area contributed by atoms with Gasteiger partial charge in [0.05, 0.1) is 17.8 Å². The SMILES string of the molecule is CCC1(C)CC(O)C(C)O1. The molecule has 0 amide bonds. The molecule has 1 heterocycles. The maximum absolute atomic E-state index is 9.34. The molecule has 2 heteroatoms. The third-order valence-electron chi connectivity index (χ3n) is 2.40. The van der Waals surface area contributed by atoms with Gasteiger partial charge >= 0.3 is 0 Å². The molecule has 1 saturated heterocycles. The first-order valence-electron chi connectivity index (χ1n) is 3.93. The average molecular weight is 144 g/mol. The van der Waals surface area contributed by atoms with Gasteiger partial charge < -0.3 is 9.84 Å². The van der Waals surface area contributed by atoms with Crippen molar-refractivity contribution in [3.05, 3.63) is 0 Å². The summed E-state index contributed by atoms with van der Waals surface area (Å²) in [6.45, 7) is 6.07. The highest BCUT2D eigenvalue weighted by molar-refractivity contribution is 4.87. The van der Waals surface area contributed by atoms with Crippen molar-refractivity contribution in [2.24, 2.45) is 0 Å². The minimum atomic E-state index is -0.259.